The molecule has 0 atom stereocenters. The average Bonchev–Trinajstić information content (AvgIpc) is 0.800. The summed E-state index contributed by atoms with van der Waals surface area (Å²) in [6.07, 6.45) is 10.8. The number of hydrogen-bond donors (Lipinski definition) is 3. The largest absolute Gasteiger partial charge is 0.462 e. The maximum absolute atomic E-state index is 13.6. The first-order valence-electron chi connectivity index (χ1n) is 34.3. The van der Waals surface area contributed by atoms with Crippen LogP contribution in [0, 0.1) is 50.2 Å². The molecule has 0 saturated heterocycles. The van der Waals surface area contributed by atoms with E-state index < -0.39 is 52.1 Å². The standard InChI is InChI=1S/C72H111N7O15/c1-13-19-31-89-64(80)61(65(81)90-32-20-14-2)52-43-70(7,8)46-58(55(52)49-73)76-25-37-86-40-28-79(29-41-87-38-26-77-59-47-71(9,10)44-53(56(59)50-74)62(66(82)91-33-21-15-3)67(83)92-34-22-16-4)30-42-88-39-27-78-60-48-72(11,12)45-54(57(60)51-75)63(68(84)93-35-23-17-5)69(85)94-36-24-18-6/h76-78H,13-48H2,1-12H3. The summed E-state index contributed by atoms with van der Waals surface area (Å²) in [6.45, 7) is 28.9. The van der Waals surface area contributed by atoms with E-state index in [1.165, 1.54) is 0 Å². The van der Waals surface area contributed by atoms with Gasteiger partial charge in [0.2, 0.25) is 0 Å². The van der Waals surface area contributed by atoms with Gasteiger partial charge >= 0.3 is 35.8 Å². The van der Waals surface area contributed by atoms with Crippen LogP contribution in [-0.2, 0) is 71.4 Å². The molecule has 0 aromatic heterocycles. The molecule has 0 saturated carbocycles. The molecule has 3 aliphatic carbocycles. The van der Waals surface area contributed by atoms with Gasteiger partial charge in [0, 0.05) is 56.4 Å². The molecule has 22 nitrogen and oxygen atoms in total. The summed E-state index contributed by atoms with van der Waals surface area (Å²) in [5, 5.41) is 41.9. The second-order valence-corrected chi connectivity index (χ2v) is 26.4. The van der Waals surface area contributed by atoms with Gasteiger partial charge in [0.1, 0.15) is 34.9 Å². The van der Waals surface area contributed by atoms with Gasteiger partial charge in [-0.05, 0) is 110 Å². The fourth-order valence-corrected chi connectivity index (χ4v) is 11.0. The highest BCUT2D eigenvalue weighted by Gasteiger charge is 2.40. The number of unbranched alkanes of at least 4 members (excludes halogenated alkanes) is 6. The Morgan fingerprint density at radius 1 is 0.351 bits per heavy atom. The number of carbonyl (C=O) groups is 6. The molecule has 3 aliphatic rings. The zero-order valence-corrected chi connectivity index (χ0v) is 58.9. The first kappa shape index (κ1) is 81.2. The van der Waals surface area contributed by atoms with Crippen molar-refractivity contribution in [2.24, 2.45) is 16.2 Å². The van der Waals surface area contributed by atoms with Crippen molar-refractivity contribution in [2.75, 3.05) is 119 Å². The Balaban J connectivity index is 1.84. The first-order chi connectivity index (χ1) is 45.0. The Hall–Kier alpha value is -7.03. The summed E-state index contributed by atoms with van der Waals surface area (Å²) < 4.78 is 51.8. The minimum absolute atomic E-state index is 0.134. The van der Waals surface area contributed by atoms with Crippen LogP contribution in [0.15, 0.2) is 67.2 Å². The van der Waals surface area contributed by atoms with Crippen LogP contribution in [0.4, 0.5) is 0 Å². The second-order valence-electron chi connectivity index (χ2n) is 26.4. The molecule has 94 heavy (non-hydrogen) atoms. The quantitative estimate of drug-likeness (QED) is 0.0127. The molecule has 0 bridgehead atoms. The Morgan fingerprint density at radius 3 is 0.755 bits per heavy atom. The molecule has 3 rings (SSSR count). The van der Waals surface area contributed by atoms with Gasteiger partial charge in [0.25, 0.3) is 0 Å². The van der Waals surface area contributed by atoms with E-state index in [1.54, 1.807) is 0 Å². The number of ether oxygens (including phenoxy) is 9. The van der Waals surface area contributed by atoms with Crippen molar-refractivity contribution in [1.29, 1.82) is 15.8 Å². The van der Waals surface area contributed by atoms with E-state index in [0.717, 1.165) is 38.5 Å². The molecule has 524 valence electrons. The molecule has 0 radical (unpaired) electrons. The van der Waals surface area contributed by atoms with E-state index in [2.05, 4.69) is 39.1 Å². The summed E-state index contributed by atoms with van der Waals surface area (Å²) in [5.74, 6) is -4.81. The average molecular weight is 1310 g/mol. The molecule has 0 aromatic rings. The third-order valence-corrected chi connectivity index (χ3v) is 16.0. The normalized spacial score (nSPS) is 15.7. The highest BCUT2D eigenvalue weighted by molar-refractivity contribution is 6.17. The van der Waals surface area contributed by atoms with Crippen LogP contribution in [0.3, 0.4) is 0 Å². The number of rotatable bonds is 45. The summed E-state index contributed by atoms with van der Waals surface area (Å²) in [4.78, 5) is 83.6. The SMILES string of the molecule is CCCCOC(=O)C(C(=O)OCCCC)=C1CC(C)(C)CC(NCCOCCN(CCOCCNC2=C(C#N)C(=C(C(=O)OCCCC)C(=O)OCCCC)CC(C)(C)C2)CCOCCNC2=C(C#N)C(=C(C(=O)OCCCC)C(=O)OCCCC)CC(C)(C)C2)=C1C#N. The number of allylic oxidation sites excluding steroid dienone is 9. The van der Waals surface area contributed by atoms with Gasteiger partial charge in [-0.3, -0.25) is 4.90 Å². The van der Waals surface area contributed by atoms with E-state index in [1.807, 2.05) is 83.1 Å². The van der Waals surface area contributed by atoms with Crippen LogP contribution >= 0.6 is 0 Å². The number of carbonyl (C=O) groups excluding carboxylic acids is 6. The van der Waals surface area contributed by atoms with Crippen LogP contribution in [0.1, 0.15) is 199 Å². The Bertz CT molecular complexity index is 2470. The lowest BCUT2D eigenvalue weighted by Gasteiger charge is -2.34. The lowest BCUT2D eigenvalue weighted by Crippen LogP contribution is -2.36. The highest BCUT2D eigenvalue weighted by atomic mass is 16.6. The van der Waals surface area contributed by atoms with Crippen molar-refractivity contribution in [2.45, 2.75) is 199 Å². The monoisotopic (exact) mass is 1310 g/mol. The predicted molar refractivity (Wildman–Crippen MR) is 356 cm³/mol. The zero-order valence-electron chi connectivity index (χ0n) is 58.9. The molecule has 0 amide bonds. The lowest BCUT2D eigenvalue weighted by molar-refractivity contribution is -0.149. The number of nitriles is 3. The molecule has 0 aromatic carbocycles. The molecule has 3 N–H and O–H groups in total. The van der Waals surface area contributed by atoms with Gasteiger partial charge in [-0.2, -0.15) is 15.8 Å². The van der Waals surface area contributed by atoms with Gasteiger partial charge in [-0.25, -0.2) is 28.8 Å². The van der Waals surface area contributed by atoms with Crippen LogP contribution in [-0.4, -0.2) is 159 Å². The fourth-order valence-electron chi connectivity index (χ4n) is 11.0. The Morgan fingerprint density at radius 2 is 0.564 bits per heavy atom. The van der Waals surface area contributed by atoms with E-state index in [9.17, 15) is 44.6 Å². The Labute approximate surface area is 560 Å². The number of nitrogens with zero attached hydrogens (tertiary/aromatic N) is 4. The number of esters is 6. The highest BCUT2D eigenvalue weighted by Crippen LogP contribution is 2.45. The van der Waals surface area contributed by atoms with E-state index >= 15 is 0 Å². The summed E-state index contributed by atoms with van der Waals surface area (Å²) in [7, 11) is 0. The van der Waals surface area contributed by atoms with Crippen LogP contribution in [0.25, 0.3) is 0 Å². The van der Waals surface area contributed by atoms with Crippen molar-refractivity contribution in [3.8, 4) is 18.2 Å². The van der Waals surface area contributed by atoms with Gasteiger partial charge in [-0.1, -0.05) is 122 Å². The molecule has 0 spiro atoms. The molecular weight excluding hydrogens is 1200 g/mol. The van der Waals surface area contributed by atoms with Gasteiger partial charge < -0.3 is 58.6 Å². The molecular formula is C72H111N7O15. The lowest BCUT2D eigenvalue weighted by atomic mass is 9.72. The van der Waals surface area contributed by atoms with Gasteiger partial charge in [-0.15, -0.1) is 0 Å². The maximum atomic E-state index is 13.6. The van der Waals surface area contributed by atoms with Crippen molar-refractivity contribution < 1.29 is 71.4 Å². The van der Waals surface area contributed by atoms with Crippen molar-refractivity contribution in [3.63, 3.8) is 0 Å². The fraction of sp³-hybridized carbons (Fsp3) is 0.708. The summed E-state index contributed by atoms with van der Waals surface area (Å²) in [5.41, 5.74) is 1.32. The number of hydrogen-bond acceptors (Lipinski definition) is 22. The van der Waals surface area contributed by atoms with Crippen molar-refractivity contribution in [3.05, 3.63) is 67.2 Å². The minimum atomic E-state index is -0.801. The molecule has 0 unspecified atom stereocenters. The van der Waals surface area contributed by atoms with Crippen LogP contribution in [0.2, 0.25) is 0 Å². The second kappa shape index (κ2) is 43.9. The topological polar surface area (TPSA) is 296 Å². The van der Waals surface area contributed by atoms with E-state index in [4.69, 9.17) is 42.6 Å². The Kier molecular flexibility index (Phi) is 37.9. The van der Waals surface area contributed by atoms with E-state index in [0.29, 0.717) is 170 Å². The third kappa shape index (κ3) is 28.1. The zero-order chi connectivity index (χ0) is 69.5. The molecule has 0 heterocycles. The molecule has 22 heteroatoms. The van der Waals surface area contributed by atoms with Crippen molar-refractivity contribution in [1.82, 2.24) is 20.9 Å². The smallest absolute Gasteiger partial charge is 0.345 e. The maximum Gasteiger partial charge on any atom is 0.345 e. The predicted octanol–water partition coefficient (Wildman–Crippen LogP) is 10.8. The molecule has 0 fully saturated rings. The van der Waals surface area contributed by atoms with E-state index in [-0.39, 0.29) is 92.9 Å². The summed E-state index contributed by atoms with van der Waals surface area (Å²) >= 11 is 0. The van der Waals surface area contributed by atoms with Crippen LogP contribution in [0.5, 0.6) is 0 Å². The molecule has 0 aliphatic heterocycles. The van der Waals surface area contributed by atoms with Gasteiger partial charge in [0.05, 0.1) is 96.0 Å². The third-order valence-electron chi connectivity index (χ3n) is 16.0. The summed E-state index contributed by atoms with van der Waals surface area (Å²) in [6, 6.07) is 6.81. The van der Waals surface area contributed by atoms with Gasteiger partial charge in [0.15, 0.2) is 0 Å². The number of nitrogens with one attached hydrogen (secondary N) is 3. The van der Waals surface area contributed by atoms with Crippen LogP contribution < -0.4 is 16.0 Å². The minimum Gasteiger partial charge on any atom is -0.462 e. The first-order valence-corrected chi connectivity index (χ1v) is 34.3. The van der Waals surface area contributed by atoms with Crippen molar-refractivity contribution >= 4 is 35.8 Å².